The minimum absolute atomic E-state index is 0.00833. The van der Waals surface area contributed by atoms with Gasteiger partial charge in [0.05, 0.1) is 5.39 Å². The van der Waals surface area contributed by atoms with Crippen LogP contribution >= 0.6 is 0 Å². The Balaban J connectivity index is 1.09. The number of rotatable bonds is 3. The fourth-order valence-corrected chi connectivity index (χ4v) is 10.3. The molecule has 0 aliphatic carbocycles. The summed E-state index contributed by atoms with van der Waals surface area (Å²) in [6.45, 7) is 6.76. The minimum atomic E-state index is 0.00833. The summed E-state index contributed by atoms with van der Waals surface area (Å²) in [6, 6.07) is 69.2. The zero-order chi connectivity index (χ0) is 41.3. The zero-order valence-electron chi connectivity index (χ0n) is 34.7. The second-order valence-corrected chi connectivity index (χ2v) is 18.0. The largest absolute Gasteiger partial charge is 0.456 e. The molecule has 0 bridgehead atoms. The Hall–Kier alpha value is -7.68. The third-order valence-corrected chi connectivity index (χ3v) is 13.4. The molecule has 13 aromatic rings. The Morgan fingerprint density at radius 1 is 0.323 bits per heavy atom. The van der Waals surface area contributed by atoms with Crippen LogP contribution in [0.2, 0.25) is 0 Å². The van der Waals surface area contributed by atoms with Gasteiger partial charge in [-0.2, -0.15) is 0 Å². The smallest absolute Gasteiger partial charge is 0.147 e. The molecule has 0 unspecified atom stereocenters. The van der Waals surface area contributed by atoms with Gasteiger partial charge in [0.15, 0.2) is 0 Å². The molecule has 13 rings (SSSR count). The van der Waals surface area contributed by atoms with E-state index in [-0.39, 0.29) is 5.41 Å². The van der Waals surface area contributed by atoms with E-state index in [1.807, 2.05) is 0 Å². The predicted octanol–water partition coefficient (Wildman–Crippen LogP) is 17.5. The van der Waals surface area contributed by atoms with Crippen LogP contribution in [0.3, 0.4) is 0 Å². The van der Waals surface area contributed by atoms with Crippen molar-refractivity contribution in [3.63, 3.8) is 0 Å². The van der Waals surface area contributed by atoms with E-state index < -0.39 is 0 Å². The van der Waals surface area contributed by atoms with Gasteiger partial charge in [-0.1, -0.05) is 160 Å². The average Bonchev–Trinajstić information content (AvgIpc) is 3.87. The predicted molar refractivity (Wildman–Crippen MR) is 264 cm³/mol. The number of fused-ring (bicyclic) bond motifs is 13. The Morgan fingerprint density at radius 3 is 1.69 bits per heavy atom. The first-order valence-electron chi connectivity index (χ1n) is 21.6. The Morgan fingerprint density at radius 2 is 0.871 bits per heavy atom. The van der Waals surface area contributed by atoms with Crippen LogP contribution in [-0.2, 0) is 5.41 Å². The molecule has 0 aliphatic rings. The van der Waals surface area contributed by atoms with Crippen LogP contribution in [0, 0.1) is 0 Å². The first-order valence-corrected chi connectivity index (χ1v) is 21.6. The summed E-state index contributed by atoms with van der Waals surface area (Å²) in [5.41, 5.74) is 12.0. The molecule has 0 amide bonds. The fraction of sp³-hybridized carbons (Fsp3) is 0.0667. The van der Waals surface area contributed by atoms with Crippen LogP contribution in [0.25, 0.3) is 131 Å². The quantitative estimate of drug-likeness (QED) is 0.132. The van der Waals surface area contributed by atoms with Gasteiger partial charge in [0.2, 0.25) is 0 Å². The van der Waals surface area contributed by atoms with E-state index in [1.165, 1.54) is 87.2 Å². The molecule has 0 radical (unpaired) electrons. The van der Waals surface area contributed by atoms with Gasteiger partial charge in [-0.3, -0.25) is 0 Å². The molecule has 2 nitrogen and oxygen atoms in total. The molecule has 2 aromatic heterocycles. The number of hydrogen-bond acceptors (Lipinski definition) is 2. The van der Waals surface area contributed by atoms with E-state index in [4.69, 9.17) is 8.83 Å². The van der Waals surface area contributed by atoms with Crippen LogP contribution in [0.15, 0.2) is 197 Å². The molecule has 0 atom stereocenters. The molecule has 62 heavy (non-hydrogen) atoms. The van der Waals surface area contributed by atoms with Crippen molar-refractivity contribution in [1.29, 1.82) is 0 Å². The Labute approximate surface area is 358 Å². The normalized spacial score (nSPS) is 12.4. The maximum atomic E-state index is 6.80. The van der Waals surface area contributed by atoms with Gasteiger partial charge in [0.25, 0.3) is 0 Å². The van der Waals surface area contributed by atoms with Crippen molar-refractivity contribution in [3.8, 4) is 33.4 Å². The van der Waals surface area contributed by atoms with Crippen molar-refractivity contribution in [2.45, 2.75) is 26.2 Å². The highest BCUT2D eigenvalue weighted by Gasteiger charge is 2.22. The lowest BCUT2D eigenvalue weighted by Crippen LogP contribution is -2.10. The summed E-state index contributed by atoms with van der Waals surface area (Å²) in [7, 11) is 0. The van der Waals surface area contributed by atoms with Gasteiger partial charge in [-0.15, -0.1) is 0 Å². The van der Waals surface area contributed by atoms with Gasteiger partial charge in [0, 0.05) is 16.2 Å². The third-order valence-electron chi connectivity index (χ3n) is 13.4. The minimum Gasteiger partial charge on any atom is -0.456 e. The summed E-state index contributed by atoms with van der Waals surface area (Å²) < 4.78 is 13.2. The molecule has 2 heterocycles. The van der Waals surface area contributed by atoms with Crippen molar-refractivity contribution >= 4 is 97.7 Å². The van der Waals surface area contributed by atoms with Crippen LogP contribution in [-0.4, -0.2) is 0 Å². The highest BCUT2D eigenvalue weighted by Crippen LogP contribution is 2.48. The van der Waals surface area contributed by atoms with E-state index in [9.17, 15) is 0 Å². The molecular formula is C60H40O2. The Bertz CT molecular complexity index is 4010. The monoisotopic (exact) mass is 792 g/mol. The Kier molecular flexibility index (Phi) is 7.31. The molecular weight excluding hydrogens is 753 g/mol. The summed E-state index contributed by atoms with van der Waals surface area (Å²) in [5.74, 6) is 0. The van der Waals surface area contributed by atoms with E-state index in [1.54, 1.807) is 0 Å². The second-order valence-electron chi connectivity index (χ2n) is 18.0. The van der Waals surface area contributed by atoms with E-state index in [0.29, 0.717) is 0 Å². The van der Waals surface area contributed by atoms with Gasteiger partial charge in [-0.05, 0) is 147 Å². The van der Waals surface area contributed by atoms with E-state index >= 15 is 0 Å². The highest BCUT2D eigenvalue weighted by atomic mass is 16.3. The SMILES string of the molecule is CC(C)(C)c1ccc2oc3ccc4c5cc(-c6c7ccccc7c(-c7ccc8c(ccc9ccccc98)c7)c7cc(-c8cccc9ccccc89)ccc67)ccc5oc4c3c2c1. The fourth-order valence-electron chi connectivity index (χ4n) is 10.3. The maximum Gasteiger partial charge on any atom is 0.147 e. The summed E-state index contributed by atoms with van der Waals surface area (Å²) in [5, 5.41) is 16.7. The number of furan rings is 2. The van der Waals surface area contributed by atoms with Gasteiger partial charge in [0.1, 0.15) is 22.3 Å². The van der Waals surface area contributed by atoms with E-state index in [0.717, 1.165) is 49.4 Å². The van der Waals surface area contributed by atoms with Crippen LogP contribution in [0.1, 0.15) is 26.3 Å². The molecule has 292 valence electrons. The molecule has 2 heteroatoms. The van der Waals surface area contributed by atoms with Gasteiger partial charge in [-0.25, -0.2) is 0 Å². The molecule has 0 saturated heterocycles. The lowest BCUT2D eigenvalue weighted by molar-refractivity contribution is 0.590. The van der Waals surface area contributed by atoms with Crippen LogP contribution < -0.4 is 0 Å². The summed E-state index contributed by atoms with van der Waals surface area (Å²) >= 11 is 0. The van der Waals surface area contributed by atoms with Crippen LogP contribution in [0.4, 0.5) is 0 Å². The second kappa shape index (κ2) is 12.9. The van der Waals surface area contributed by atoms with Crippen molar-refractivity contribution in [3.05, 3.63) is 194 Å². The van der Waals surface area contributed by atoms with Crippen LogP contribution in [0.5, 0.6) is 0 Å². The van der Waals surface area contributed by atoms with Gasteiger partial charge < -0.3 is 8.83 Å². The average molecular weight is 793 g/mol. The standard InChI is InChI=1S/C60H40O2/c1-60(2,3)41-24-29-54-52(34-41)58-55(61-54)30-27-49-50-33-40(23-28-53(50)62-59(49)58)56-46-16-8-9-17-47(46)57(39-22-25-45-37(31-39)20-19-36-12-5-7-15-43(36)45)51-32-38(21-26-48(51)56)44-18-10-13-35-11-4-6-14-42(35)44/h4-34H,1-3H3. The molecule has 0 fully saturated rings. The number of benzene rings is 11. The molecule has 0 aliphatic heterocycles. The van der Waals surface area contributed by atoms with E-state index in [2.05, 4.69) is 209 Å². The van der Waals surface area contributed by atoms with Crippen molar-refractivity contribution in [1.82, 2.24) is 0 Å². The van der Waals surface area contributed by atoms with Crippen molar-refractivity contribution in [2.75, 3.05) is 0 Å². The third kappa shape index (κ3) is 5.17. The zero-order valence-corrected chi connectivity index (χ0v) is 34.7. The van der Waals surface area contributed by atoms with Crippen molar-refractivity contribution < 1.29 is 8.83 Å². The molecule has 0 N–H and O–H groups in total. The molecule has 0 saturated carbocycles. The summed E-state index contributed by atoms with van der Waals surface area (Å²) in [4.78, 5) is 0. The number of hydrogen-bond donors (Lipinski definition) is 0. The lowest BCUT2D eigenvalue weighted by Gasteiger charge is -2.19. The first kappa shape index (κ1) is 35.1. The molecule has 0 spiro atoms. The lowest BCUT2D eigenvalue weighted by atomic mass is 9.84. The van der Waals surface area contributed by atoms with Gasteiger partial charge >= 0.3 is 0 Å². The highest BCUT2D eigenvalue weighted by molar-refractivity contribution is 6.25. The maximum absolute atomic E-state index is 6.80. The summed E-state index contributed by atoms with van der Waals surface area (Å²) in [6.07, 6.45) is 0. The topological polar surface area (TPSA) is 26.3 Å². The van der Waals surface area contributed by atoms with Crippen molar-refractivity contribution in [2.24, 2.45) is 0 Å². The molecule has 11 aromatic carbocycles. The first-order chi connectivity index (χ1) is 30.4.